The van der Waals surface area contributed by atoms with E-state index in [-0.39, 0.29) is 5.78 Å². The quantitative estimate of drug-likeness (QED) is 0.591. The number of nitrogens with one attached hydrogen (secondary N) is 2. The molecule has 5 nitrogen and oxygen atoms in total. The number of carbonyl (C=O) groups is 1. The zero-order valence-electron chi connectivity index (χ0n) is 15.8. The van der Waals surface area contributed by atoms with Crippen molar-refractivity contribution in [2.24, 2.45) is 0 Å². The number of carbonyl (C=O) groups excluding carboxylic acids is 1. The normalized spacial score (nSPS) is 13.2. The maximum absolute atomic E-state index is 12.5. The van der Waals surface area contributed by atoms with Crippen LogP contribution in [0.2, 0.25) is 5.02 Å². The van der Waals surface area contributed by atoms with Crippen LogP contribution in [0.4, 0.5) is 23.1 Å². The third-order valence-corrected chi connectivity index (χ3v) is 5.20. The molecule has 1 aromatic heterocycles. The first-order chi connectivity index (χ1) is 13.5. The fourth-order valence-electron chi connectivity index (χ4n) is 3.29. The van der Waals surface area contributed by atoms with Gasteiger partial charge in [0.25, 0.3) is 0 Å². The van der Waals surface area contributed by atoms with E-state index < -0.39 is 0 Å². The van der Waals surface area contributed by atoms with Gasteiger partial charge in [-0.15, -0.1) is 0 Å². The second-order valence-corrected chi connectivity index (χ2v) is 7.49. The van der Waals surface area contributed by atoms with Crippen LogP contribution >= 0.6 is 11.6 Å². The summed E-state index contributed by atoms with van der Waals surface area (Å²) in [4.78, 5) is 21.8. The van der Waals surface area contributed by atoms with Gasteiger partial charge in [-0.25, -0.2) is 4.98 Å². The van der Waals surface area contributed by atoms with Crippen LogP contribution < -0.4 is 10.6 Å². The molecular weight excluding hydrogens is 372 g/mol. The van der Waals surface area contributed by atoms with Crippen LogP contribution in [0.1, 0.15) is 40.0 Å². The summed E-state index contributed by atoms with van der Waals surface area (Å²) in [5, 5.41) is 7.20. The highest BCUT2D eigenvalue weighted by molar-refractivity contribution is 6.30. The van der Waals surface area contributed by atoms with Gasteiger partial charge < -0.3 is 10.6 Å². The van der Waals surface area contributed by atoms with Crippen molar-refractivity contribution in [1.82, 2.24) is 9.97 Å². The predicted octanol–water partition coefficient (Wildman–Crippen LogP) is 5.75. The Balaban J connectivity index is 1.72. The maximum atomic E-state index is 12.5. The van der Waals surface area contributed by atoms with E-state index in [9.17, 15) is 4.79 Å². The number of rotatable bonds is 4. The lowest BCUT2D eigenvalue weighted by molar-refractivity contribution is 0.0972. The number of aromatic nitrogens is 2. The van der Waals surface area contributed by atoms with Gasteiger partial charge in [-0.05, 0) is 74.2 Å². The number of hydrogen-bond acceptors (Lipinski definition) is 5. The van der Waals surface area contributed by atoms with E-state index in [0.29, 0.717) is 28.8 Å². The van der Waals surface area contributed by atoms with Gasteiger partial charge in [0.15, 0.2) is 5.78 Å². The van der Waals surface area contributed by atoms with Gasteiger partial charge in [-0.2, -0.15) is 4.98 Å². The highest BCUT2D eigenvalue weighted by atomic mass is 35.5. The van der Waals surface area contributed by atoms with E-state index in [1.165, 1.54) is 11.1 Å². The molecule has 4 rings (SSSR count). The molecule has 2 N–H and O–H groups in total. The van der Waals surface area contributed by atoms with E-state index in [0.717, 1.165) is 29.9 Å². The van der Waals surface area contributed by atoms with Crippen molar-refractivity contribution in [3.63, 3.8) is 0 Å². The second kappa shape index (κ2) is 7.60. The Hall–Kier alpha value is -2.92. The first-order valence-corrected chi connectivity index (χ1v) is 9.68. The fourth-order valence-corrected chi connectivity index (χ4v) is 3.41. The number of ketones is 1. The summed E-state index contributed by atoms with van der Waals surface area (Å²) in [6.45, 7) is 4.15. The SMILES string of the molecule is Cc1ccc(Nc2nc3c(c(Nc4ccc(Cl)cc4)n2)C(=O)CCC3)cc1C. The van der Waals surface area contributed by atoms with E-state index in [1.54, 1.807) is 12.1 Å². The molecule has 0 amide bonds. The number of Topliss-reactive ketones (excluding diaryl/α,β-unsaturated/α-hetero) is 1. The van der Waals surface area contributed by atoms with Crippen LogP contribution in [-0.2, 0) is 6.42 Å². The minimum absolute atomic E-state index is 0.0791. The van der Waals surface area contributed by atoms with E-state index in [1.807, 2.05) is 18.2 Å². The van der Waals surface area contributed by atoms with Gasteiger partial charge in [0.2, 0.25) is 5.95 Å². The minimum Gasteiger partial charge on any atom is -0.339 e. The molecule has 0 atom stereocenters. The Morgan fingerprint density at radius 2 is 1.64 bits per heavy atom. The summed E-state index contributed by atoms with van der Waals surface area (Å²) >= 11 is 5.97. The summed E-state index contributed by atoms with van der Waals surface area (Å²) in [5.74, 6) is 1.09. The maximum Gasteiger partial charge on any atom is 0.229 e. The van der Waals surface area contributed by atoms with Gasteiger partial charge in [-0.1, -0.05) is 17.7 Å². The number of anilines is 4. The van der Waals surface area contributed by atoms with Gasteiger partial charge in [0.1, 0.15) is 5.82 Å². The largest absolute Gasteiger partial charge is 0.339 e. The Labute approximate surface area is 169 Å². The van der Waals surface area contributed by atoms with E-state index >= 15 is 0 Å². The molecule has 2 aromatic carbocycles. The lowest BCUT2D eigenvalue weighted by Gasteiger charge is -2.19. The van der Waals surface area contributed by atoms with Crippen LogP contribution in [0.15, 0.2) is 42.5 Å². The van der Waals surface area contributed by atoms with Gasteiger partial charge in [0.05, 0.1) is 11.3 Å². The molecule has 0 unspecified atom stereocenters. The Kier molecular flexibility index (Phi) is 5.01. The molecule has 3 aromatic rings. The first kappa shape index (κ1) is 18.4. The highest BCUT2D eigenvalue weighted by Crippen LogP contribution is 2.30. The van der Waals surface area contributed by atoms with Gasteiger partial charge in [-0.3, -0.25) is 4.79 Å². The number of aryl methyl sites for hydroxylation is 3. The van der Waals surface area contributed by atoms with Crippen molar-refractivity contribution >= 4 is 40.5 Å². The van der Waals surface area contributed by atoms with Crippen molar-refractivity contribution in [2.45, 2.75) is 33.1 Å². The molecule has 6 heteroatoms. The Bertz CT molecular complexity index is 1050. The van der Waals surface area contributed by atoms with E-state index in [2.05, 4.69) is 46.6 Å². The standard InChI is InChI=1S/C22H21ClN4O/c1-13-6-9-17(12-14(13)2)25-22-26-18-4-3-5-19(28)20(18)21(27-22)24-16-10-7-15(23)8-11-16/h6-12H,3-5H2,1-2H3,(H2,24,25,26,27). The highest BCUT2D eigenvalue weighted by Gasteiger charge is 2.24. The molecule has 142 valence electrons. The number of halogens is 1. The molecule has 0 aliphatic heterocycles. The van der Waals surface area contributed by atoms with Crippen molar-refractivity contribution in [3.8, 4) is 0 Å². The van der Waals surface area contributed by atoms with Crippen molar-refractivity contribution in [2.75, 3.05) is 10.6 Å². The molecule has 0 fully saturated rings. The number of fused-ring (bicyclic) bond motifs is 1. The molecule has 0 saturated heterocycles. The van der Waals surface area contributed by atoms with Crippen LogP contribution in [-0.4, -0.2) is 15.8 Å². The van der Waals surface area contributed by atoms with Crippen molar-refractivity contribution < 1.29 is 4.79 Å². The Morgan fingerprint density at radius 3 is 2.39 bits per heavy atom. The zero-order chi connectivity index (χ0) is 19.7. The topological polar surface area (TPSA) is 66.9 Å². The molecule has 0 bridgehead atoms. The van der Waals surface area contributed by atoms with Crippen LogP contribution in [0.3, 0.4) is 0 Å². The summed E-state index contributed by atoms with van der Waals surface area (Å²) in [6.07, 6.45) is 2.10. The molecule has 1 aliphatic carbocycles. The average molecular weight is 393 g/mol. The summed E-state index contributed by atoms with van der Waals surface area (Å²) in [5.41, 5.74) is 5.54. The predicted molar refractivity (Wildman–Crippen MR) is 113 cm³/mol. The second-order valence-electron chi connectivity index (χ2n) is 7.05. The van der Waals surface area contributed by atoms with Crippen LogP contribution in [0.25, 0.3) is 0 Å². The molecule has 0 radical (unpaired) electrons. The van der Waals surface area contributed by atoms with Crippen LogP contribution in [0.5, 0.6) is 0 Å². The molecule has 1 heterocycles. The fraction of sp³-hybridized carbons (Fsp3) is 0.227. The third-order valence-electron chi connectivity index (χ3n) is 4.95. The first-order valence-electron chi connectivity index (χ1n) is 9.30. The number of benzene rings is 2. The molecule has 1 aliphatic rings. The van der Waals surface area contributed by atoms with Gasteiger partial charge in [0, 0.05) is 22.8 Å². The molecule has 0 saturated carbocycles. The zero-order valence-corrected chi connectivity index (χ0v) is 16.6. The summed E-state index contributed by atoms with van der Waals surface area (Å²) < 4.78 is 0. The monoisotopic (exact) mass is 392 g/mol. The minimum atomic E-state index is 0.0791. The number of nitrogens with zero attached hydrogens (tertiary/aromatic N) is 2. The van der Waals surface area contributed by atoms with Gasteiger partial charge >= 0.3 is 0 Å². The van der Waals surface area contributed by atoms with Crippen molar-refractivity contribution in [3.05, 3.63) is 69.9 Å². The summed E-state index contributed by atoms with van der Waals surface area (Å²) in [6, 6.07) is 13.5. The molecule has 0 spiro atoms. The van der Waals surface area contributed by atoms with Crippen LogP contribution in [0, 0.1) is 13.8 Å². The number of hydrogen-bond donors (Lipinski definition) is 2. The lowest BCUT2D eigenvalue weighted by atomic mass is 9.95. The summed E-state index contributed by atoms with van der Waals surface area (Å²) in [7, 11) is 0. The third kappa shape index (κ3) is 3.85. The van der Waals surface area contributed by atoms with Crippen molar-refractivity contribution in [1.29, 1.82) is 0 Å². The van der Waals surface area contributed by atoms with E-state index in [4.69, 9.17) is 11.6 Å². The Morgan fingerprint density at radius 1 is 0.893 bits per heavy atom. The lowest BCUT2D eigenvalue weighted by Crippen LogP contribution is -2.17. The smallest absolute Gasteiger partial charge is 0.229 e. The molecule has 28 heavy (non-hydrogen) atoms. The average Bonchev–Trinajstić information content (AvgIpc) is 2.66. The molecular formula is C22H21ClN4O.